The lowest BCUT2D eigenvalue weighted by atomic mass is 10.1. The summed E-state index contributed by atoms with van der Waals surface area (Å²) >= 11 is 0. The second-order valence-corrected chi connectivity index (χ2v) is 8.07. The van der Waals surface area contributed by atoms with Crippen LogP contribution in [0.2, 0.25) is 0 Å². The van der Waals surface area contributed by atoms with E-state index in [-0.39, 0.29) is 29.8 Å². The zero-order valence-corrected chi connectivity index (χ0v) is 21.2. The van der Waals surface area contributed by atoms with Crippen LogP contribution in [-0.4, -0.2) is 62.6 Å². The van der Waals surface area contributed by atoms with Gasteiger partial charge in [0.05, 0.1) is 0 Å². The van der Waals surface area contributed by atoms with Gasteiger partial charge in [0.25, 0.3) is 0 Å². The first-order chi connectivity index (χ1) is 14.5. The van der Waals surface area contributed by atoms with Gasteiger partial charge >= 0.3 is 0 Å². The maximum Gasteiger partial charge on any atom is 0.191 e. The van der Waals surface area contributed by atoms with Gasteiger partial charge in [-0.25, -0.2) is 4.39 Å². The van der Waals surface area contributed by atoms with Crippen LogP contribution in [0.5, 0.6) is 0 Å². The Hall–Kier alpha value is -1.71. The average molecular weight is 539 g/mol. The molecule has 0 aromatic heterocycles. The lowest BCUT2D eigenvalue weighted by molar-refractivity contribution is 0.148. The van der Waals surface area contributed by atoms with E-state index < -0.39 is 0 Å². The molecule has 0 bridgehead atoms. The number of nitrogens with zero attached hydrogens (tertiary/aromatic N) is 3. The van der Waals surface area contributed by atoms with Gasteiger partial charge in [0.2, 0.25) is 0 Å². The van der Waals surface area contributed by atoms with Crippen molar-refractivity contribution in [3.63, 3.8) is 0 Å². The highest BCUT2D eigenvalue weighted by Crippen LogP contribution is 2.11. The van der Waals surface area contributed by atoms with Gasteiger partial charge in [0.1, 0.15) is 5.82 Å². The SMILES string of the molecule is CN=C(NCCc1ccc(F)cc1C)NCc1ccc(CN2CCN(C)CC2)cc1.I. The van der Waals surface area contributed by atoms with Gasteiger partial charge in [-0.2, -0.15) is 0 Å². The lowest BCUT2D eigenvalue weighted by Crippen LogP contribution is -2.43. The molecule has 2 N–H and O–H groups in total. The number of halogens is 2. The molecule has 3 rings (SSSR count). The zero-order valence-electron chi connectivity index (χ0n) is 18.8. The Morgan fingerprint density at radius 3 is 2.32 bits per heavy atom. The predicted molar refractivity (Wildman–Crippen MR) is 138 cm³/mol. The van der Waals surface area contributed by atoms with Crippen molar-refractivity contribution >= 4 is 29.9 Å². The van der Waals surface area contributed by atoms with Crippen LogP contribution in [-0.2, 0) is 19.5 Å². The molecule has 1 saturated heterocycles. The zero-order chi connectivity index (χ0) is 21.3. The topological polar surface area (TPSA) is 42.9 Å². The number of hydrogen-bond donors (Lipinski definition) is 2. The maximum absolute atomic E-state index is 13.2. The third kappa shape index (κ3) is 8.38. The summed E-state index contributed by atoms with van der Waals surface area (Å²) in [5.41, 5.74) is 4.72. The molecule has 31 heavy (non-hydrogen) atoms. The molecule has 0 radical (unpaired) electrons. The first-order valence-corrected chi connectivity index (χ1v) is 10.7. The van der Waals surface area contributed by atoms with E-state index in [1.807, 2.05) is 13.0 Å². The van der Waals surface area contributed by atoms with Gasteiger partial charge < -0.3 is 15.5 Å². The van der Waals surface area contributed by atoms with Crippen LogP contribution < -0.4 is 10.6 Å². The molecule has 7 heteroatoms. The minimum Gasteiger partial charge on any atom is -0.356 e. The molecule has 0 unspecified atom stereocenters. The highest BCUT2D eigenvalue weighted by Gasteiger charge is 2.13. The summed E-state index contributed by atoms with van der Waals surface area (Å²) in [4.78, 5) is 9.19. The first kappa shape index (κ1) is 25.5. The standard InChI is InChI=1S/C24H34FN5.HI/c1-19-16-23(25)9-8-22(19)10-11-27-24(26-2)28-17-20-4-6-21(7-5-20)18-30-14-12-29(3)13-15-30;/h4-9,16H,10-15,17-18H2,1-3H3,(H2,26,27,28);1H. The van der Waals surface area contributed by atoms with E-state index in [4.69, 9.17) is 0 Å². The fourth-order valence-electron chi connectivity index (χ4n) is 3.69. The number of likely N-dealkylation sites (N-methyl/N-ethyl adjacent to an activating group) is 1. The third-order valence-electron chi connectivity index (χ3n) is 5.70. The molecule has 0 aliphatic carbocycles. The van der Waals surface area contributed by atoms with Crippen molar-refractivity contribution in [2.24, 2.45) is 4.99 Å². The fraction of sp³-hybridized carbons (Fsp3) is 0.458. The minimum absolute atomic E-state index is 0. The van der Waals surface area contributed by atoms with Gasteiger partial charge in [0, 0.05) is 52.9 Å². The molecular formula is C24H35FIN5. The van der Waals surface area contributed by atoms with Crippen LogP contribution in [0, 0.1) is 12.7 Å². The van der Waals surface area contributed by atoms with Crippen LogP contribution in [0.1, 0.15) is 22.3 Å². The second-order valence-electron chi connectivity index (χ2n) is 8.07. The number of aryl methyl sites for hydroxylation is 1. The monoisotopic (exact) mass is 539 g/mol. The number of nitrogens with one attached hydrogen (secondary N) is 2. The van der Waals surface area contributed by atoms with Gasteiger partial charge in [0.15, 0.2) is 5.96 Å². The lowest BCUT2D eigenvalue weighted by Gasteiger charge is -2.32. The van der Waals surface area contributed by atoms with Crippen molar-refractivity contribution in [1.82, 2.24) is 20.4 Å². The quantitative estimate of drug-likeness (QED) is 0.322. The number of guanidine groups is 1. The molecule has 0 atom stereocenters. The van der Waals surface area contributed by atoms with Crippen LogP contribution in [0.4, 0.5) is 4.39 Å². The summed E-state index contributed by atoms with van der Waals surface area (Å²) in [6.07, 6.45) is 0.827. The van der Waals surface area contributed by atoms with Crippen molar-refractivity contribution in [3.05, 3.63) is 70.5 Å². The Labute approximate surface area is 203 Å². The van der Waals surface area contributed by atoms with Crippen LogP contribution >= 0.6 is 24.0 Å². The average Bonchev–Trinajstić information content (AvgIpc) is 2.74. The Morgan fingerprint density at radius 1 is 1.00 bits per heavy atom. The van der Waals surface area contributed by atoms with Crippen molar-refractivity contribution in [1.29, 1.82) is 0 Å². The summed E-state index contributed by atoms with van der Waals surface area (Å²) in [5, 5.41) is 6.70. The van der Waals surface area contributed by atoms with Crippen molar-refractivity contribution in [2.45, 2.75) is 26.4 Å². The van der Waals surface area contributed by atoms with E-state index in [1.54, 1.807) is 13.1 Å². The largest absolute Gasteiger partial charge is 0.356 e. The van der Waals surface area contributed by atoms with Crippen LogP contribution in [0.3, 0.4) is 0 Å². The van der Waals surface area contributed by atoms with Crippen molar-refractivity contribution in [3.8, 4) is 0 Å². The Balaban J connectivity index is 0.00000341. The summed E-state index contributed by atoms with van der Waals surface area (Å²) in [6.45, 7) is 9.01. The fourth-order valence-corrected chi connectivity index (χ4v) is 3.69. The summed E-state index contributed by atoms with van der Waals surface area (Å²) in [7, 11) is 3.96. The molecule has 170 valence electrons. The Kier molecular flexibility index (Phi) is 10.7. The molecule has 2 aromatic rings. The number of hydrogen-bond acceptors (Lipinski definition) is 3. The number of aliphatic imine (C=N–C) groups is 1. The summed E-state index contributed by atoms with van der Waals surface area (Å²) in [5.74, 6) is 0.590. The van der Waals surface area contributed by atoms with Gasteiger partial charge in [-0.05, 0) is 54.8 Å². The molecule has 1 aliphatic rings. The van der Waals surface area contributed by atoms with Crippen molar-refractivity contribution < 1.29 is 4.39 Å². The van der Waals surface area contributed by atoms with Crippen molar-refractivity contribution in [2.75, 3.05) is 46.8 Å². The number of benzene rings is 2. The first-order valence-electron chi connectivity index (χ1n) is 10.7. The predicted octanol–water partition coefficient (Wildman–Crippen LogP) is 3.41. The van der Waals surface area contributed by atoms with Gasteiger partial charge in [-0.3, -0.25) is 9.89 Å². The molecular weight excluding hydrogens is 504 g/mol. The van der Waals surface area contributed by atoms with E-state index in [2.05, 4.69) is 56.7 Å². The third-order valence-corrected chi connectivity index (χ3v) is 5.70. The van der Waals surface area contributed by atoms with E-state index in [1.165, 1.54) is 17.2 Å². The highest BCUT2D eigenvalue weighted by molar-refractivity contribution is 14.0. The molecule has 0 amide bonds. The molecule has 1 fully saturated rings. The highest BCUT2D eigenvalue weighted by atomic mass is 127. The number of piperazine rings is 1. The summed E-state index contributed by atoms with van der Waals surface area (Å²) in [6, 6.07) is 13.8. The van der Waals surface area contributed by atoms with Gasteiger partial charge in [-0.15, -0.1) is 24.0 Å². The smallest absolute Gasteiger partial charge is 0.191 e. The molecule has 1 heterocycles. The second kappa shape index (κ2) is 13.0. The maximum atomic E-state index is 13.2. The van der Waals surface area contributed by atoms with Crippen LogP contribution in [0.15, 0.2) is 47.5 Å². The minimum atomic E-state index is -0.184. The normalized spacial score (nSPS) is 15.4. The number of rotatable bonds is 7. The Morgan fingerprint density at radius 2 is 1.68 bits per heavy atom. The van der Waals surface area contributed by atoms with E-state index in [0.29, 0.717) is 0 Å². The van der Waals surface area contributed by atoms with E-state index in [9.17, 15) is 4.39 Å². The van der Waals surface area contributed by atoms with E-state index >= 15 is 0 Å². The van der Waals surface area contributed by atoms with Crippen LogP contribution in [0.25, 0.3) is 0 Å². The van der Waals surface area contributed by atoms with E-state index in [0.717, 1.165) is 69.3 Å². The molecule has 1 aliphatic heterocycles. The van der Waals surface area contributed by atoms with Gasteiger partial charge in [-0.1, -0.05) is 30.3 Å². The molecule has 0 saturated carbocycles. The molecule has 0 spiro atoms. The Bertz CT molecular complexity index is 832. The molecule has 5 nitrogen and oxygen atoms in total. The summed E-state index contributed by atoms with van der Waals surface area (Å²) < 4.78 is 13.2. The molecule has 2 aromatic carbocycles.